The quantitative estimate of drug-likeness (QED) is 0.875. The first-order valence-corrected chi connectivity index (χ1v) is 7.95. The molecule has 1 aromatic rings. The van der Waals surface area contributed by atoms with E-state index in [1.807, 2.05) is 32.0 Å². The van der Waals surface area contributed by atoms with Crippen molar-refractivity contribution in [1.82, 2.24) is 0 Å². The van der Waals surface area contributed by atoms with Crippen LogP contribution in [0.25, 0.3) is 0 Å². The summed E-state index contributed by atoms with van der Waals surface area (Å²) in [6.45, 7) is 4.33. The first kappa shape index (κ1) is 16.3. The van der Waals surface area contributed by atoms with E-state index in [1.54, 1.807) is 11.0 Å². The van der Waals surface area contributed by atoms with Crippen LogP contribution in [0.1, 0.15) is 39.5 Å². The van der Waals surface area contributed by atoms with E-state index in [0.717, 1.165) is 18.5 Å². The van der Waals surface area contributed by atoms with Gasteiger partial charge in [0.25, 0.3) is 0 Å². The van der Waals surface area contributed by atoms with Crippen LogP contribution in [0.3, 0.4) is 0 Å². The van der Waals surface area contributed by atoms with Gasteiger partial charge in [0.05, 0.1) is 0 Å². The zero-order valence-corrected chi connectivity index (χ0v) is 13.3. The lowest BCUT2D eigenvalue weighted by atomic mass is 10.1. The first-order valence-electron chi connectivity index (χ1n) is 7.95. The minimum atomic E-state index is -0.445. The van der Waals surface area contributed by atoms with Crippen LogP contribution in [0.15, 0.2) is 24.3 Å². The van der Waals surface area contributed by atoms with Gasteiger partial charge in [0.1, 0.15) is 0 Å². The molecule has 1 fully saturated rings. The number of primary amides is 1. The molecule has 1 aliphatic carbocycles. The summed E-state index contributed by atoms with van der Waals surface area (Å²) < 4.78 is 0. The minimum absolute atomic E-state index is 0.0430. The van der Waals surface area contributed by atoms with Gasteiger partial charge >= 0.3 is 6.03 Å². The van der Waals surface area contributed by atoms with E-state index in [-0.39, 0.29) is 11.8 Å². The van der Waals surface area contributed by atoms with Gasteiger partial charge in [-0.3, -0.25) is 9.69 Å². The van der Waals surface area contributed by atoms with Crippen molar-refractivity contribution in [1.29, 1.82) is 0 Å². The Bertz CT molecular complexity index is 536. The summed E-state index contributed by atoms with van der Waals surface area (Å²) in [6, 6.07) is 6.86. The summed E-state index contributed by atoms with van der Waals surface area (Å²) in [5, 5.41) is 2.85. The molecular formula is C17H25N3O2. The van der Waals surface area contributed by atoms with Gasteiger partial charge in [0.15, 0.2) is 0 Å². The molecule has 0 aromatic heterocycles. The standard InChI is InChI=1S/C17H25N3O2/c1-12(2)16(21)19-14-8-5-9-15(10-14)20(17(18)22)11-13-6-3-4-7-13/h5,8-10,12-13H,3-4,6-7,11H2,1-2H3,(H2,18,22)(H,19,21). The van der Waals surface area contributed by atoms with Crippen molar-refractivity contribution < 1.29 is 9.59 Å². The molecule has 1 saturated carbocycles. The third-order valence-electron chi connectivity index (χ3n) is 4.13. The zero-order valence-electron chi connectivity index (χ0n) is 13.3. The molecule has 1 aromatic carbocycles. The van der Waals surface area contributed by atoms with Gasteiger partial charge in [-0.15, -0.1) is 0 Å². The zero-order chi connectivity index (χ0) is 16.1. The lowest BCUT2D eigenvalue weighted by Gasteiger charge is -2.24. The topological polar surface area (TPSA) is 75.4 Å². The maximum absolute atomic E-state index is 11.8. The average molecular weight is 303 g/mol. The largest absolute Gasteiger partial charge is 0.351 e. The fourth-order valence-corrected chi connectivity index (χ4v) is 2.81. The van der Waals surface area contributed by atoms with Crippen molar-refractivity contribution in [3.05, 3.63) is 24.3 Å². The predicted molar refractivity (Wildman–Crippen MR) is 88.8 cm³/mol. The number of nitrogens with two attached hydrogens (primary N) is 1. The Morgan fingerprint density at radius 1 is 1.32 bits per heavy atom. The number of carbonyl (C=O) groups is 2. The van der Waals surface area contributed by atoms with Gasteiger partial charge < -0.3 is 11.1 Å². The molecule has 0 spiro atoms. The minimum Gasteiger partial charge on any atom is -0.351 e. The van der Waals surface area contributed by atoms with E-state index in [0.29, 0.717) is 18.2 Å². The number of hydrogen-bond acceptors (Lipinski definition) is 2. The van der Waals surface area contributed by atoms with Crippen molar-refractivity contribution in [2.75, 3.05) is 16.8 Å². The molecule has 0 atom stereocenters. The van der Waals surface area contributed by atoms with Crippen LogP contribution in [0.5, 0.6) is 0 Å². The first-order chi connectivity index (χ1) is 10.5. The van der Waals surface area contributed by atoms with Crippen molar-refractivity contribution in [2.24, 2.45) is 17.6 Å². The summed E-state index contributed by atoms with van der Waals surface area (Å²) in [7, 11) is 0. The van der Waals surface area contributed by atoms with Crippen molar-refractivity contribution in [3.63, 3.8) is 0 Å². The van der Waals surface area contributed by atoms with Crippen LogP contribution in [0.2, 0.25) is 0 Å². The second-order valence-corrected chi connectivity index (χ2v) is 6.29. The Balaban J connectivity index is 2.13. The molecule has 1 aliphatic rings. The highest BCUT2D eigenvalue weighted by atomic mass is 16.2. The number of amides is 3. The van der Waals surface area contributed by atoms with Crippen molar-refractivity contribution in [2.45, 2.75) is 39.5 Å². The summed E-state index contributed by atoms with van der Waals surface area (Å²) in [5.41, 5.74) is 6.97. The van der Waals surface area contributed by atoms with Crippen LogP contribution in [0, 0.1) is 11.8 Å². The van der Waals surface area contributed by atoms with Gasteiger partial charge in [0, 0.05) is 23.8 Å². The highest BCUT2D eigenvalue weighted by Crippen LogP contribution is 2.28. The molecule has 3 amide bonds. The van der Waals surface area contributed by atoms with Crippen molar-refractivity contribution >= 4 is 23.3 Å². The van der Waals surface area contributed by atoms with E-state index >= 15 is 0 Å². The van der Waals surface area contributed by atoms with E-state index in [2.05, 4.69) is 5.32 Å². The molecule has 5 nitrogen and oxygen atoms in total. The molecule has 5 heteroatoms. The van der Waals surface area contributed by atoms with Gasteiger partial charge in [-0.1, -0.05) is 32.8 Å². The average Bonchev–Trinajstić information content (AvgIpc) is 2.97. The number of anilines is 2. The third kappa shape index (κ3) is 4.23. The van der Waals surface area contributed by atoms with Gasteiger partial charge in [0.2, 0.25) is 5.91 Å². The number of carbonyl (C=O) groups excluding carboxylic acids is 2. The Kier molecular flexibility index (Phi) is 5.41. The number of benzene rings is 1. The molecule has 0 unspecified atom stereocenters. The Labute approximate surface area is 131 Å². The van der Waals surface area contributed by atoms with Crippen molar-refractivity contribution in [3.8, 4) is 0 Å². The van der Waals surface area contributed by atoms with E-state index in [4.69, 9.17) is 5.73 Å². The van der Waals surface area contributed by atoms with Gasteiger partial charge in [-0.2, -0.15) is 0 Å². The summed E-state index contributed by atoms with van der Waals surface area (Å²) in [6.07, 6.45) is 4.74. The second kappa shape index (κ2) is 7.29. The lowest BCUT2D eigenvalue weighted by molar-refractivity contribution is -0.118. The smallest absolute Gasteiger partial charge is 0.319 e. The highest BCUT2D eigenvalue weighted by Gasteiger charge is 2.22. The molecule has 0 aliphatic heterocycles. The fourth-order valence-electron chi connectivity index (χ4n) is 2.81. The second-order valence-electron chi connectivity index (χ2n) is 6.29. The molecule has 2 rings (SSSR count). The Morgan fingerprint density at radius 3 is 2.59 bits per heavy atom. The van der Waals surface area contributed by atoms with E-state index < -0.39 is 6.03 Å². The molecule has 0 bridgehead atoms. The number of hydrogen-bond donors (Lipinski definition) is 2. The van der Waals surface area contributed by atoms with E-state index in [9.17, 15) is 9.59 Å². The van der Waals surface area contributed by atoms with Gasteiger partial charge in [-0.05, 0) is 37.0 Å². The molecular weight excluding hydrogens is 278 g/mol. The van der Waals surface area contributed by atoms with Crippen LogP contribution in [-0.4, -0.2) is 18.5 Å². The molecule has 0 radical (unpaired) electrons. The number of nitrogens with one attached hydrogen (secondary N) is 1. The molecule has 3 N–H and O–H groups in total. The fraction of sp³-hybridized carbons (Fsp3) is 0.529. The SMILES string of the molecule is CC(C)C(=O)Nc1cccc(N(CC2CCCC2)C(N)=O)c1. The number of rotatable bonds is 5. The van der Waals surface area contributed by atoms with Crippen LogP contribution in [-0.2, 0) is 4.79 Å². The summed E-state index contributed by atoms with van der Waals surface area (Å²) in [5.74, 6) is 0.384. The molecule has 22 heavy (non-hydrogen) atoms. The molecule has 0 heterocycles. The molecule has 120 valence electrons. The third-order valence-corrected chi connectivity index (χ3v) is 4.13. The highest BCUT2D eigenvalue weighted by molar-refractivity contribution is 5.94. The number of nitrogens with zero attached hydrogens (tertiary/aromatic N) is 1. The maximum atomic E-state index is 11.8. The van der Waals surface area contributed by atoms with E-state index in [1.165, 1.54) is 12.8 Å². The van der Waals surface area contributed by atoms with Crippen LogP contribution in [0.4, 0.5) is 16.2 Å². The van der Waals surface area contributed by atoms with Crippen LogP contribution >= 0.6 is 0 Å². The number of urea groups is 1. The Hall–Kier alpha value is -2.04. The van der Waals surface area contributed by atoms with Gasteiger partial charge in [-0.25, -0.2) is 4.79 Å². The lowest BCUT2D eigenvalue weighted by Crippen LogP contribution is -2.39. The summed E-state index contributed by atoms with van der Waals surface area (Å²) in [4.78, 5) is 25.2. The van der Waals surface area contributed by atoms with Crippen LogP contribution < -0.4 is 16.0 Å². The monoisotopic (exact) mass is 303 g/mol. The maximum Gasteiger partial charge on any atom is 0.319 e. The predicted octanol–water partition coefficient (Wildman–Crippen LogP) is 3.36. The Morgan fingerprint density at radius 2 is 2.00 bits per heavy atom. The summed E-state index contributed by atoms with van der Waals surface area (Å²) >= 11 is 0. The molecule has 0 saturated heterocycles. The normalized spacial score (nSPS) is 15.0.